The van der Waals surface area contributed by atoms with Crippen LogP contribution in [-0.4, -0.2) is 19.5 Å². The Balaban J connectivity index is 1.78. The van der Waals surface area contributed by atoms with Crippen molar-refractivity contribution in [2.24, 2.45) is 0 Å². The molecule has 1 aliphatic carbocycles. The molecule has 1 unspecified atom stereocenters. The molecule has 0 aliphatic heterocycles. The van der Waals surface area contributed by atoms with Crippen molar-refractivity contribution in [3.63, 3.8) is 0 Å². The SMILES string of the molecule is FC(F)(F)OCCNC1CCCc2sccc21. The molecule has 17 heavy (non-hydrogen) atoms. The second-order valence-corrected chi connectivity index (χ2v) is 4.99. The molecule has 1 aliphatic rings. The third-order valence-electron chi connectivity index (χ3n) is 2.81. The Labute approximate surface area is 102 Å². The first-order chi connectivity index (χ1) is 8.06. The van der Waals surface area contributed by atoms with Gasteiger partial charge in [0.1, 0.15) is 0 Å². The van der Waals surface area contributed by atoms with Crippen molar-refractivity contribution in [2.45, 2.75) is 31.7 Å². The van der Waals surface area contributed by atoms with E-state index in [4.69, 9.17) is 0 Å². The van der Waals surface area contributed by atoms with Crippen LogP contribution in [0.2, 0.25) is 0 Å². The summed E-state index contributed by atoms with van der Waals surface area (Å²) in [4.78, 5) is 1.35. The zero-order valence-corrected chi connectivity index (χ0v) is 10.0. The lowest BCUT2D eigenvalue weighted by Crippen LogP contribution is -2.29. The Morgan fingerprint density at radius 2 is 2.29 bits per heavy atom. The minimum absolute atomic E-state index is 0.182. The summed E-state index contributed by atoms with van der Waals surface area (Å²) in [7, 11) is 0. The molecule has 1 heterocycles. The molecule has 2 nitrogen and oxygen atoms in total. The van der Waals surface area contributed by atoms with E-state index in [2.05, 4.69) is 16.1 Å². The molecule has 0 radical (unpaired) electrons. The molecule has 0 saturated heterocycles. The molecule has 1 atom stereocenters. The van der Waals surface area contributed by atoms with Gasteiger partial charge < -0.3 is 5.32 Å². The third kappa shape index (κ3) is 3.69. The molecule has 0 amide bonds. The fraction of sp³-hybridized carbons (Fsp3) is 0.636. The van der Waals surface area contributed by atoms with Crippen LogP contribution < -0.4 is 5.32 Å². The number of nitrogens with one attached hydrogen (secondary N) is 1. The van der Waals surface area contributed by atoms with Crippen molar-refractivity contribution in [1.29, 1.82) is 0 Å². The number of thiophene rings is 1. The average molecular weight is 265 g/mol. The van der Waals surface area contributed by atoms with E-state index in [0.29, 0.717) is 0 Å². The summed E-state index contributed by atoms with van der Waals surface area (Å²) in [6.07, 6.45) is -1.37. The Hall–Kier alpha value is -0.590. The highest BCUT2D eigenvalue weighted by molar-refractivity contribution is 7.10. The van der Waals surface area contributed by atoms with Crippen molar-refractivity contribution >= 4 is 11.3 Å². The van der Waals surface area contributed by atoms with Gasteiger partial charge in [0.25, 0.3) is 0 Å². The van der Waals surface area contributed by atoms with E-state index in [-0.39, 0.29) is 19.2 Å². The minimum atomic E-state index is -4.53. The van der Waals surface area contributed by atoms with E-state index < -0.39 is 6.36 Å². The van der Waals surface area contributed by atoms with E-state index in [1.807, 2.05) is 5.38 Å². The lowest BCUT2D eigenvalue weighted by atomic mass is 9.94. The van der Waals surface area contributed by atoms with Gasteiger partial charge >= 0.3 is 6.36 Å². The Kier molecular flexibility index (Phi) is 4.06. The van der Waals surface area contributed by atoms with Crippen LogP contribution in [0.4, 0.5) is 13.2 Å². The van der Waals surface area contributed by atoms with Crippen molar-refractivity contribution in [3.05, 3.63) is 21.9 Å². The predicted molar refractivity (Wildman–Crippen MR) is 60.0 cm³/mol. The van der Waals surface area contributed by atoms with Gasteiger partial charge in [-0.3, -0.25) is 4.74 Å². The molecule has 0 aromatic carbocycles. The number of fused-ring (bicyclic) bond motifs is 1. The van der Waals surface area contributed by atoms with Crippen LogP contribution in [0.3, 0.4) is 0 Å². The van der Waals surface area contributed by atoms with Gasteiger partial charge in [-0.15, -0.1) is 24.5 Å². The lowest BCUT2D eigenvalue weighted by Gasteiger charge is -2.23. The lowest BCUT2D eigenvalue weighted by molar-refractivity contribution is -0.323. The van der Waals surface area contributed by atoms with E-state index in [1.165, 1.54) is 10.4 Å². The molecular formula is C11H14F3NOS. The Morgan fingerprint density at radius 3 is 3.06 bits per heavy atom. The maximum atomic E-state index is 11.8. The Bertz CT molecular complexity index is 364. The normalized spacial score (nSPS) is 20.3. The highest BCUT2D eigenvalue weighted by atomic mass is 32.1. The van der Waals surface area contributed by atoms with Gasteiger partial charge in [-0.25, -0.2) is 0 Å². The van der Waals surface area contributed by atoms with Crippen LogP contribution in [0.1, 0.15) is 29.3 Å². The Morgan fingerprint density at radius 1 is 1.47 bits per heavy atom. The van der Waals surface area contributed by atoms with Crippen LogP contribution in [0.15, 0.2) is 11.4 Å². The number of hydrogen-bond acceptors (Lipinski definition) is 3. The van der Waals surface area contributed by atoms with Gasteiger partial charge in [0.15, 0.2) is 0 Å². The standard InChI is InChI=1S/C11H14F3NOS/c12-11(13,14)16-6-5-15-9-2-1-3-10-8(9)4-7-17-10/h4,7,9,15H,1-3,5-6H2. The zero-order valence-electron chi connectivity index (χ0n) is 9.22. The molecule has 0 bridgehead atoms. The van der Waals surface area contributed by atoms with E-state index in [9.17, 15) is 13.2 Å². The fourth-order valence-electron chi connectivity index (χ4n) is 2.10. The summed E-state index contributed by atoms with van der Waals surface area (Å²) in [5, 5.41) is 5.16. The van der Waals surface area contributed by atoms with Gasteiger partial charge in [-0.1, -0.05) is 0 Å². The first-order valence-electron chi connectivity index (χ1n) is 5.56. The first-order valence-corrected chi connectivity index (χ1v) is 6.44. The number of aryl methyl sites for hydroxylation is 1. The largest absolute Gasteiger partial charge is 0.522 e. The second kappa shape index (κ2) is 5.37. The molecule has 1 aromatic rings. The summed E-state index contributed by atoms with van der Waals surface area (Å²) < 4.78 is 39.0. The van der Waals surface area contributed by atoms with Crippen molar-refractivity contribution in [3.8, 4) is 0 Å². The number of hydrogen-bond donors (Lipinski definition) is 1. The molecule has 2 rings (SSSR count). The zero-order chi connectivity index (χ0) is 12.3. The maximum Gasteiger partial charge on any atom is 0.522 e. The summed E-state index contributed by atoms with van der Waals surface area (Å²) in [6.45, 7) is -0.112. The molecule has 0 saturated carbocycles. The van der Waals surface area contributed by atoms with Gasteiger partial charge in [-0.05, 0) is 36.3 Å². The molecule has 96 valence electrons. The van der Waals surface area contributed by atoms with Gasteiger partial charge in [0.2, 0.25) is 0 Å². The number of alkyl halides is 3. The fourth-order valence-corrected chi connectivity index (χ4v) is 3.09. The number of halogens is 3. The molecule has 0 fully saturated rings. The van der Waals surface area contributed by atoms with Gasteiger partial charge in [0, 0.05) is 17.5 Å². The molecule has 1 N–H and O–H groups in total. The smallest absolute Gasteiger partial charge is 0.308 e. The highest BCUT2D eigenvalue weighted by Crippen LogP contribution is 2.33. The van der Waals surface area contributed by atoms with Crippen LogP contribution in [0, 0.1) is 0 Å². The van der Waals surface area contributed by atoms with Crippen molar-refractivity contribution in [2.75, 3.05) is 13.2 Å². The van der Waals surface area contributed by atoms with E-state index in [1.54, 1.807) is 11.3 Å². The summed E-state index contributed by atoms with van der Waals surface area (Å²) in [6, 6.07) is 2.24. The van der Waals surface area contributed by atoms with Crippen LogP contribution >= 0.6 is 11.3 Å². The van der Waals surface area contributed by atoms with Gasteiger partial charge in [0.05, 0.1) is 6.61 Å². The molecule has 0 spiro atoms. The highest BCUT2D eigenvalue weighted by Gasteiger charge is 2.28. The van der Waals surface area contributed by atoms with Crippen LogP contribution in [0.25, 0.3) is 0 Å². The minimum Gasteiger partial charge on any atom is -0.308 e. The van der Waals surface area contributed by atoms with Gasteiger partial charge in [-0.2, -0.15) is 0 Å². The van der Waals surface area contributed by atoms with Crippen LogP contribution in [-0.2, 0) is 11.2 Å². The number of ether oxygens (including phenoxy) is 1. The molecular weight excluding hydrogens is 251 g/mol. The van der Waals surface area contributed by atoms with E-state index in [0.717, 1.165) is 19.3 Å². The quantitative estimate of drug-likeness (QED) is 0.844. The summed E-state index contributed by atoms with van der Waals surface area (Å²) in [5.74, 6) is 0. The van der Waals surface area contributed by atoms with Crippen LogP contribution in [0.5, 0.6) is 0 Å². The second-order valence-electron chi connectivity index (χ2n) is 3.99. The average Bonchev–Trinajstić information content (AvgIpc) is 2.71. The summed E-state index contributed by atoms with van der Waals surface area (Å²) >= 11 is 1.72. The molecule has 1 aromatic heterocycles. The van der Waals surface area contributed by atoms with Crippen molar-refractivity contribution < 1.29 is 17.9 Å². The maximum absolute atomic E-state index is 11.8. The molecule has 6 heteroatoms. The van der Waals surface area contributed by atoms with Crippen molar-refractivity contribution in [1.82, 2.24) is 5.32 Å². The predicted octanol–water partition coefficient (Wildman–Crippen LogP) is 3.25. The summed E-state index contributed by atoms with van der Waals surface area (Å²) in [5.41, 5.74) is 1.24. The topological polar surface area (TPSA) is 21.3 Å². The monoisotopic (exact) mass is 265 g/mol. The first kappa shape index (κ1) is 12.9. The van der Waals surface area contributed by atoms with E-state index >= 15 is 0 Å². The number of rotatable bonds is 4. The third-order valence-corrected chi connectivity index (χ3v) is 3.81.